The summed E-state index contributed by atoms with van der Waals surface area (Å²) >= 11 is 3.45. The molecule has 0 unspecified atom stereocenters. The minimum Gasteiger partial charge on any atom is -0.487 e. The normalized spacial score (nSPS) is 10.9. The first kappa shape index (κ1) is 13.1. The fourth-order valence-electron chi connectivity index (χ4n) is 1.81. The molecule has 2 aromatic rings. The van der Waals surface area contributed by atoms with E-state index < -0.39 is 0 Å². The zero-order valence-electron chi connectivity index (χ0n) is 10.9. The highest BCUT2D eigenvalue weighted by Gasteiger charge is 2.11. The molecule has 0 amide bonds. The van der Waals surface area contributed by atoms with Crippen molar-refractivity contribution in [2.24, 2.45) is 0 Å². The number of aromatic nitrogens is 2. The van der Waals surface area contributed by atoms with Gasteiger partial charge in [-0.2, -0.15) is 0 Å². The molecule has 1 aromatic carbocycles. The lowest BCUT2D eigenvalue weighted by atomic mass is 10.2. The first-order chi connectivity index (χ1) is 8.58. The van der Waals surface area contributed by atoms with Crippen LogP contribution in [0.1, 0.15) is 31.1 Å². The predicted octanol–water partition coefficient (Wildman–Crippen LogP) is 4.11. The molecule has 18 heavy (non-hydrogen) atoms. The van der Waals surface area contributed by atoms with Gasteiger partial charge in [-0.15, -0.1) is 0 Å². The molecule has 0 radical (unpaired) electrons. The van der Waals surface area contributed by atoms with Gasteiger partial charge in [0.15, 0.2) is 4.73 Å². The van der Waals surface area contributed by atoms with Crippen LogP contribution >= 0.6 is 15.9 Å². The first-order valence-electron chi connectivity index (χ1n) is 5.99. The molecule has 96 valence electrons. The Kier molecular flexibility index (Phi) is 4.07. The smallest absolute Gasteiger partial charge is 0.177 e. The minimum absolute atomic E-state index is 0.360. The van der Waals surface area contributed by atoms with Crippen molar-refractivity contribution in [1.82, 2.24) is 9.55 Å². The van der Waals surface area contributed by atoms with Crippen molar-refractivity contribution < 1.29 is 4.74 Å². The molecular formula is C14H17BrN2O. The van der Waals surface area contributed by atoms with E-state index in [0.717, 1.165) is 16.2 Å². The van der Waals surface area contributed by atoms with Crippen LogP contribution < -0.4 is 4.74 Å². The molecule has 0 saturated carbocycles. The summed E-state index contributed by atoms with van der Waals surface area (Å²) in [5.41, 5.74) is 2.30. The molecule has 0 fully saturated rings. The summed E-state index contributed by atoms with van der Waals surface area (Å²) in [5.74, 6) is 0.883. The van der Waals surface area contributed by atoms with Gasteiger partial charge in [0, 0.05) is 6.04 Å². The zero-order valence-corrected chi connectivity index (χ0v) is 12.4. The summed E-state index contributed by atoms with van der Waals surface area (Å²) in [6, 6.07) is 8.43. The quantitative estimate of drug-likeness (QED) is 0.849. The van der Waals surface area contributed by atoms with E-state index in [1.807, 2.05) is 30.5 Å². The van der Waals surface area contributed by atoms with E-state index in [9.17, 15) is 0 Å². The van der Waals surface area contributed by atoms with Crippen LogP contribution in [0, 0.1) is 6.92 Å². The molecule has 0 atom stereocenters. The number of halogens is 1. The van der Waals surface area contributed by atoms with Crippen LogP contribution in [0.5, 0.6) is 5.75 Å². The van der Waals surface area contributed by atoms with Gasteiger partial charge in [-0.3, -0.25) is 0 Å². The highest BCUT2D eigenvalue weighted by molar-refractivity contribution is 9.10. The summed E-state index contributed by atoms with van der Waals surface area (Å²) in [4.78, 5) is 4.26. The minimum atomic E-state index is 0.360. The van der Waals surface area contributed by atoms with Crippen molar-refractivity contribution in [1.29, 1.82) is 0 Å². The number of aryl methyl sites for hydroxylation is 1. The third-order valence-electron chi connectivity index (χ3n) is 2.75. The van der Waals surface area contributed by atoms with Crippen LogP contribution in [-0.4, -0.2) is 9.55 Å². The number of hydrogen-bond donors (Lipinski definition) is 0. The summed E-state index contributed by atoms with van der Waals surface area (Å²) in [7, 11) is 0. The third kappa shape index (κ3) is 2.93. The predicted molar refractivity (Wildman–Crippen MR) is 75.8 cm³/mol. The number of imidazole rings is 1. The van der Waals surface area contributed by atoms with Gasteiger partial charge in [0.25, 0.3) is 0 Å². The van der Waals surface area contributed by atoms with Crippen molar-refractivity contribution in [2.75, 3.05) is 0 Å². The molecule has 0 bridgehead atoms. The van der Waals surface area contributed by atoms with Gasteiger partial charge in [0.1, 0.15) is 12.4 Å². The molecule has 0 aliphatic rings. The Morgan fingerprint density at radius 2 is 1.94 bits per heavy atom. The molecule has 3 nitrogen and oxygen atoms in total. The highest BCUT2D eigenvalue weighted by atomic mass is 79.9. The van der Waals surface area contributed by atoms with Crippen molar-refractivity contribution in [2.45, 2.75) is 33.4 Å². The Labute approximate surface area is 116 Å². The summed E-state index contributed by atoms with van der Waals surface area (Å²) in [6.07, 6.45) is 1.85. The zero-order chi connectivity index (χ0) is 13.1. The van der Waals surface area contributed by atoms with Crippen LogP contribution in [0.25, 0.3) is 0 Å². The van der Waals surface area contributed by atoms with Crippen molar-refractivity contribution in [3.8, 4) is 5.75 Å². The Morgan fingerprint density at radius 1 is 1.28 bits per heavy atom. The van der Waals surface area contributed by atoms with E-state index in [1.165, 1.54) is 5.56 Å². The van der Waals surface area contributed by atoms with Gasteiger partial charge >= 0.3 is 0 Å². The molecule has 1 aromatic heterocycles. The van der Waals surface area contributed by atoms with Crippen molar-refractivity contribution in [3.05, 3.63) is 46.5 Å². The van der Waals surface area contributed by atoms with E-state index in [0.29, 0.717) is 12.6 Å². The highest BCUT2D eigenvalue weighted by Crippen LogP contribution is 2.20. The molecule has 0 aliphatic carbocycles. The third-order valence-corrected chi connectivity index (χ3v) is 3.34. The van der Waals surface area contributed by atoms with Crippen LogP contribution in [-0.2, 0) is 6.61 Å². The second-order valence-corrected chi connectivity index (χ2v) is 5.29. The van der Waals surface area contributed by atoms with E-state index >= 15 is 0 Å². The summed E-state index contributed by atoms with van der Waals surface area (Å²) in [6.45, 7) is 6.85. The molecule has 0 aliphatic heterocycles. The standard InChI is InChI=1S/C14H17BrN2O/c1-10(2)17-12(8-16-14(17)15)9-18-13-6-4-11(3)5-7-13/h4-8,10H,9H2,1-3H3. The second-order valence-electron chi connectivity index (χ2n) is 4.58. The summed E-state index contributed by atoms with van der Waals surface area (Å²) < 4.78 is 8.74. The Morgan fingerprint density at radius 3 is 2.56 bits per heavy atom. The van der Waals surface area contributed by atoms with E-state index in [1.54, 1.807) is 0 Å². The molecule has 2 rings (SSSR count). The Hall–Kier alpha value is -1.29. The first-order valence-corrected chi connectivity index (χ1v) is 6.78. The number of hydrogen-bond acceptors (Lipinski definition) is 2. The average Bonchev–Trinajstić information content (AvgIpc) is 2.70. The average molecular weight is 309 g/mol. The van der Waals surface area contributed by atoms with Gasteiger partial charge in [0.2, 0.25) is 0 Å². The lowest BCUT2D eigenvalue weighted by molar-refractivity contribution is 0.291. The largest absolute Gasteiger partial charge is 0.487 e. The van der Waals surface area contributed by atoms with E-state index in [-0.39, 0.29) is 0 Å². The maximum atomic E-state index is 5.77. The fraction of sp³-hybridized carbons (Fsp3) is 0.357. The van der Waals surface area contributed by atoms with Crippen molar-refractivity contribution >= 4 is 15.9 Å². The van der Waals surface area contributed by atoms with Crippen LogP contribution in [0.4, 0.5) is 0 Å². The van der Waals surface area contributed by atoms with Crippen LogP contribution in [0.3, 0.4) is 0 Å². The number of nitrogens with zero attached hydrogens (tertiary/aromatic N) is 2. The van der Waals surface area contributed by atoms with Gasteiger partial charge < -0.3 is 9.30 Å². The lowest BCUT2D eigenvalue weighted by Crippen LogP contribution is -2.08. The Balaban J connectivity index is 2.08. The summed E-state index contributed by atoms with van der Waals surface area (Å²) in [5, 5.41) is 0. The molecule has 0 N–H and O–H groups in total. The van der Waals surface area contributed by atoms with Crippen LogP contribution in [0.2, 0.25) is 0 Å². The monoisotopic (exact) mass is 308 g/mol. The van der Waals surface area contributed by atoms with Gasteiger partial charge in [-0.25, -0.2) is 4.98 Å². The Bertz CT molecular complexity index is 517. The van der Waals surface area contributed by atoms with Gasteiger partial charge in [0.05, 0.1) is 11.9 Å². The second kappa shape index (κ2) is 5.57. The molecule has 0 spiro atoms. The topological polar surface area (TPSA) is 27.1 Å². The maximum Gasteiger partial charge on any atom is 0.177 e. The SMILES string of the molecule is Cc1ccc(OCc2cnc(Br)n2C(C)C)cc1. The maximum absolute atomic E-state index is 5.77. The molecular weight excluding hydrogens is 292 g/mol. The lowest BCUT2D eigenvalue weighted by Gasteiger charge is -2.14. The van der Waals surface area contributed by atoms with Gasteiger partial charge in [-0.05, 0) is 48.8 Å². The molecule has 1 heterocycles. The van der Waals surface area contributed by atoms with E-state index in [4.69, 9.17) is 4.74 Å². The molecule has 4 heteroatoms. The van der Waals surface area contributed by atoms with Gasteiger partial charge in [-0.1, -0.05) is 17.7 Å². The van der Waals surface area contributed by atoms with Crippen LogP contribution in [0.15, 0.2) is 35.2 Å². The number of ether oxygens (including phenoxy) is 1. The van der Waals surface area contributed by atoms with Crippen molar-refractivity contribution in [3.63, 3.8) is 0 Å². The van der Waals surface area contributed by atoms with E-state index in [2.05, 4.69) is 46.3 Å². The molecule has 0 saturated heterocycles. The number of benzene rings is 1. The number of rotatable bonds is 4. The fourth-order valence-corrected chi connectivity index (χ4v) is 2.55.